The molecule has 0 saturated carbocycles. The van der Waals surface area contributed by atoms with Gasteiger partial charge in [-0.3, -0.25) is 9.89 Å². The van der Waals surface area contributed by atoms with E-state index in [1.54, 1.807) is 6.20 Å². The van der Waals surface area contributed by atoms with Gasteiger partial charge < -0.3 is 5.32 Å². The summed E-state index contributed by atoms with van der Waals surface area (Å²) in [7, 11) is 0. The molecule has 0 saturated heterocycles. The number of carbonyl (C=O) groups is 1. The van der Waals surface area contributed by atoms with Gasteiger partial charge in [-0.15, -0.1) is 0 Å². The Morgan fingerprint density at radius 3 is 3.20 bits per heavy atom. The topological polar surface area (TPSA) is 57.8 Å². The molecule has 2 rings (SSSR count). The van der Waals surface area contributed by atoms with Crippen molar-refractivity contribution in [1.82, 2.24) is 10.2 Å². The third kappa shape index (κ3) is 2.36. The number of amides is 1. The lowest BCUT2D eigenvalue weighted by molar-refractivity contribution is -0.115. The summed E-state index contributed by atoms with van der Waals surface area (Å²) in [5.41, 5.74) is 1.71. The number of H-pyrrole nitrogens is 1. The van der Waals surface area contributed by atoms with Crippen LogP contribution in [0.5, 0.6) is 0 Å². The van der Waals surface area contributed by atoms with Gasteiger partial charge in [0.1, 0.15) is 0 Å². The number of anilines is 1. The Bertz CT molecular complexity index is 480. The van der Waals surface area contributed by atoms with E-state index >= 15 is 0 Å². The van der Waals surface area contributed by atoms with Gasteiger partial charge in [0.15, 0.2) is 0 Å². The number of fused-ring (bicyclic) bond motifs is 1. The Labute approximate surface area is 95.2 Å². The smallest absolute Gasteiger partial charge is 0.225 e. The van der Waals surface area contributed by atoms with Gasteiger partial charge in [0.2, 0.25) is 5.91 Å². The number of nitrogens with zero attached hydrogens (tertiary/aromatic N) is 1. The van der Waals surface area contributed by atoms with Crippen LogP contribution in [0.25, 0.3) is 10.9 Å². The number of nitrogens with one attached hydrogen (secondary N) is 2. The number of carbonyl (C=O) groups excluding carboxylic acids is 1. The van der Waals surface area contributed by atoms with Crippen LogP contribution in [0.4, 0.5) is 5.69 Å². The van der Waals surface area contributed by atoms with Crippen LogP contribution < -0.4 is 5.32 Å². The van der Waals surface area contributed by atoms with Crippen LogP contribution in [0.3, 0.4) is 0 Å². The van der Waals surface area contributed by atoms with Crippen molar-refractivity contribution in [2.75, 3.05) is 10.6 Å². The summed E-state index contributed by atoms with van der Waals surface area (Å²) in [6.07, 6.45) is 2.22. The van der Waals surface area contributed by atoms with Gasteiger partial charge in [-0.2, -0.15) is 5.10 Å². The molecule has 1 heterocycles. The van der Waals surface area contributed by atoms with Crippen molar-refractivity contribution in [2.45, 2.75) is 6.42 Å². The second-order valence-electron chi connectivity index (χ2n) is 3.16. The van der Waals surface area contributed by atoms with Crippen LogP contribution in [0, 0.1) is 0 Å². The molecule has 1 aromatic heterocycles. The average molecular weight is 268 g/mol. The number of hydrogen-bond donors (Lipinski definition) is 2. The van der Waals surface area contributed by atoms with Gasteiger partial charge in [0.25, 0.3) is 0 Å². The summed E-state index contributed by atoms with van der Waals surface area (Å²) in [6.45, 7) is 0. The Morgan fingerprint density at radius 1 is 1.53 bits per heavy atom. The SMILES string of the molecule is O=C(CCBr)Nc1ccc2cn[nH]c2c1. The highest BCUT2D eigenvalue weighted by Crippen LogP contribution is 2.16. The van der Waals surface area contributed by atoms with Gasteiger partial charge in [-0.1, -0.05) is 15.9 Å². The average Bonchev–Trinajstić information content (AvgIpc) is 2.65. The van der Waals surface area contributed by atoms with Gasteiger partial charge >= 0.3 is 0 Å². The molecule has 2 N–H and O–H groups in total. The molecular weight excluding hydrogens is 258 g/mol. The van der Waals surface area contributed by atoms with E-state index in [2.05, 4.69) is 31.4 Å². The first kappa shape index (κ1) is 10.2. The highest BCUT2D eigenvalue weighted by atomic mass is 79.9. The van der Waals surface area contributed by atoms with Gasteiger partial charge in [0, 0.05) is 22.8 Å². The first-order valence-corrected chi connectivity index (χ1v) is 5.70. The number of rotatable bonds is 3. The number of hydrogen-bond acceptors (Lipinski definition) is 2. The Kier molecular flexibility index (Phi) is 3.01. The van der Waals surface area contributed by atoms with E-state index in [1.165, 1.54) is 0 Å². The minimum Gasteiger partial charge on any atom is -0.326 e. The Morgan fingerprint density at radius 2 is 2.40 bits per heavy atom. The number of halogens is 1. The molecule has 1 aromatic carbocycles. The molecule has 0 radical (unpaired) electrons. The molecule has 4 nitrogen and oxygen atoms in total. The minimum atomic E-state index is 0.00532. The van der Waals surface area contributed by atoms with E-state index in [4.69, 9.17) is 0 Å². The monoisotopic (exact) mass is 267 g/mol. The number of aromatic amines is 1. The Hall–Kier alpha value is -1.36. The van der Waals surface area contributed by atoms with Crippen LogP contribution in [0.2, 0.25) is 0 Å². The molecule has 0 unspecified atom stereocenters. The first-order chi connectivity index (χ1) is 7.29. The predicted molar refractivity (Wildman–Crippen MR) is 63.1 cm³/mol. The summed E-state index contributed by atoms with van der Waals surface area (Å²) in [4.78, 5) is 11.3. The van der Waals surface area contributed by atoms with Gasteiger partial charge in [-0.05, 0) is 18.2 Å². The minimum absolute atomic E-state index is 0.00532. The van der Waals surface area contributed by atoms with Gasteiger partial charge in [0.05, 0.1) is 11.7 Å². The highest BCUT2D eigenvalue weighted by Gasteiger charge is 2.02. The zero-order valence-corrected chi connectivity index (χ0v) is 9.54. The van der Waals surface area contributed by atoms with Gasteiger partial charge in [-0.25, -0.2) is 0 Å². The molecule has 78 valence electrons. The quantitative estimate of drug-likeness (QED) is 0.839. The van der Waals surface area contributed by atoms with Crippen LogP contribution >= 0.6 is 15.9 Å². The number of alkyl halides is 1. The van der Waals surface area contributed by atoms with Crippen molar-refractivity contribution in [3.63, 3.8) is 0 Å². The Balaban J connectivity index is 2.17. The normalized spacial score (nSPS) is 10.5. The zero-order valence-electron chi connectivity index (χ0n) is 7.96. The second-order valence-corrected chi connectivity index (χ2v) is 3.95. The molecule has 0 aliphatic carbocycles. The third-order valence-electron chi connectivity index (χ3n) is 2.05. The lowest BCUT2D eigenvalue weighted by Gasteiger charge is -2.03. The van der Waals surface area contributed by atoms with E-state index in [1.807, 2.05) is 18.2 Å². The van der Waals surface area contributed by atoms with E-state index in [-0.39, 0.29) is 5.91 Å². The molecule has 0 bridgehead atoms. The maximum atomic E-state index is 11.3. The number of benzene rings is 1. The third-order valence-corrected chi connectivity index (χ3v) is 2.44. The molecule has 0 aliphatic heterocycles. The van der Waals surface area contributed by atoms with Crippen molar-refractivity contribution in [3.05, 3.63) is 24.4 Å². The maximum absolute atomic E-state index is 11.3. The second kappa shape index (κ2) is 4.44. The molecule has 0 atom stereocenters. The van der Waals surface area contributed by atoms with E-state index < -0.39 is 0 Å². The first-order valence-electron chi connectivity index (χ1n) is 4.58. The summed E-state index contributed by atoms with van der Waals surface area (Å²) in [5, 5.41) is 11.3. The fourth-order valence-corrected chi connectivity index (χ4v) is 1.68. The van der Waals surface area contributed by atoms with Crippen LogP contribution in [0.1, 0.15) is 6.42 Å². The van der Waals surface area contributed by atoms with Crippen molar-refractivity contribution in [1.29, 1.82) is 0 Å². The van der Waals surface area contributed by atoms with Crippen LogP contribution in [0.15, 0.2) is 24.4 Å². The van der Waals surface area contributed by atoms with Crippen molar-refractivity contribution >= 4 is 38.4 Å². The molecular formula is C10H10BrN3O. The zero-order chi connectivity index (χ0) is 10.7. The van der Waals surface area contributed by atoms with Crippen LogP contribution in [-0.2, 0) is 4.79 Å². The van der Waals surface area contributed by atoms with E-state index in [9.17, 15) is 4.79 Å². The largest absolute Gasteiger partial charge is 0.326 e. The number of aromatic nitrogens is 2. The molecule has 1 amide bonds. The fraction of sp³-hybridized carbons (Fsp3) is 0.200. The van der Waals surface area contributed by atoms with E-state index in [0.29, 0.717) is 11.8 Å². The molecule has 5 heteroatoms. The summed E-state index contributed by atoms with van der Waals surface area (Å²) in [6, 6.07) is 5.65. The molecule has 2 aromatic rings. The van der Waals surface area contributed by atoms with Crippen molar-refractivity contribution in [3.8, 4) is 0 Å². The van der Waals surface area contributed by atoms with Crippen molar-refractivity contribution in [2.24, 2.45) is 0 Å². The molecule has 15 heavy (non-hydrogen) atoms. The van der Waals surface area contributed by atoms with Crippen molar-refractivity contribution < 1.29 is 4.79 Å². The summed E-state index contributed by atoms with van der Waals surface area (Å²) >= 11 is 3.22. The van der Waals surface area contributed by atoms with Crippen LogP contribution in [-0.4, -0.2) is 21.4 Å². The highest BCUT2D eigenvalue weighted by molar-refractivity contribution is 9.09. The maximum Gasteiger partial charge on any atom is 0.225 e. The lowest BCUT2D eigenvalue weighted by Crippen LogP contribution is -2.11. The van der Waals surface area contributed by atoms with E-state index in [0.717, 1.165) is 16.6 Å². The molecule has 0 aliphatic rings. The lowest BCUT2D eigenvalue weighted by atomic mass is 10.2. The fourth-order valence-electron chi connectivity index (χ4n) is 1.32. The summed E-state index contributed by atoms with van der Waals surface area (Å²) < 4.78 is 0. The molecule has 0 fully saturated rings. The standard InChI is InChI=1S/C10H10BrN3O/c11-4-3-10(15)13-8-2-1-7-6-12-14-9(7)5-8/h1-2,5-6H,3-4H2,(H,12,14)(H,13,15). The summed E-state index contributed by atoms with van der Waals surface area (Å²) in [5.74, 6) is 0.00532. The molecule has 0 spiro atoms. The predicted octanol–water partition coefficient (Wildman–Crippen LogP) is 2.29.